The minimum Gasteiger partial charge on any atom is -0.683 e. The second kappa shape index (κ2) is 17.8. The number of hydrogen-bond acceptors (Lipinski definition) is 2. The van der Waals surface area contributed by atoms with Crippen molar-refractivity contribution in [3.63, 3.8) is 0 Å². The molecule has 2 aliphatic rings. The second-order valence-corrected chi connectivity index (χ2v) is 13.6. The maximum atomic E-state index is 10.0. The van der Waals surface area contributed by atoms with Crippen LogP contribution >= 0.6 is 0 Å². The van der Waals surface area contributed by atoms with Crippen LogP contribution in [0.1, 0.15) is 63.4 Å². The third-order valence-corrected chi connectivity index (χ3v) is 8.36. The van der Waals surface area contributed by atoms with Crippen molar-refractivity contribution in [1.29, 1.82) is 0 Å². The van der Waals surface area contributed by atoms with E-state index in [0.29, 0.717) is 0 Å². The zero-order valence-electron chi connectivity index (χ0n) is 30.0. The Balaban J connectivity index is 0.000000191. The Bertz CT molecular complexity index is 2170. The van der Waals surface area contributed by atoms with E-state index in [4.69, 9.17) is 10.4 Å². The largest absolute Gasteiger partial charge is 0.683 e. The molecule has 0 aliphatic carbocycles. The van der Waals surface area contributed by atoms with Crippen LogP contribution < -0.4 is 10.4 Å². The zero-order chi connectivity index (χ0) is 35.7. The number of nitrogens with zero attached hydrogens (tertiary/aromatic N) is 2. The van der Waals surface area contributed by atoms with Crippen LogP contribution in [0, 0.1) is 24.5 Å². The minimum absolute atomic E-state index is 0. The van der Waals surface area contributed by atoms with Crippen LogP contribution in [0.15, 0.2) is 139 Å². The second-order valence-electron chi connectivity index (χ2n) is 13.6. The number of benzene rings is 5. The summed E-state index contributed by atoms with van der Waals surface area (Å²) in [6.45, 7) is 11.6. The quantitative estimate of drug-likeness (QED) is 0.111. The summed E-state index contributed by atoms with van der Waals surface area (Å²) in [5.74, 6) is -0.0625. The summed E-state index contributed by atoms with van der Waals surface area (Å²) in [4.78, 5) is 10.0. The summed E-state index contributed by atoms with van der Waals surface area (Å²) in [5, 5.41) is 22.8. The van der Waals surface area contributed by atoms with Gasteiger partial charge in [0.2, 0.25) is 0 Å². The number of fused-ring (bicyclic) bond motifs is 3. The number of carbonyl (C=O) groups is 1. The van der Waals surface area contributed by atoms with Crippen molar-refractivity contribution in [1.82, 2.24) is 0 Å². The molecule has 5 aromatic rings. The predicted octanol–water partition coefficient (Wildman–Crippen LogP) is 10.7. The van der Waals surface area contributed by atoms with Crippen molar-refractivity contribution in [2.45, 2.75) is 53.6 Å². The monoisotopic (exact) mass is 849 g/mol. The molecule has 51 heavy (non-hydrogen) atoms. The minimum atomic E-state index is -0.125. The average Bonchev–Trinajstić information content (AvgIpc) is 3.11. The Kier molecular flexibility index (Phi) is 13.6. The Morgan fingerprint density at radius 3 is 2.08 bits per heavy atom. The van der Waals surface area contributed by atoms with E-state index < -0.39 is 0 Å². The maximum Gasteiger partial charge on any atom is 0.155 e. The number of aliphatic hydroxyl groups is 1. The first-order chi connectivity index (χ1) is 24.0. The molecule has 0 bridgehead atoms. The fraction of sp³-hybridized carbons (Fsp3) is 0.196. The van der Waals surface area contributed by atoms with Gasteiger partial charge in [-0.3, -0.25) is 4.79 Å². The van der Waals surface area contributed by atoms with E-state index in [9.17, 15) is 4.79 Å². The molecule has 2 aliphatic heterocycles. The third-order valence-electron chi connectivity index (χ3n) is 8.36. The van der Waals surface area contributed by atoms with Crippen LogP contribution in [0.25, 0.3) is 44.8 Å². The number of rotatable bonds is 4. The van der Waals surface area contributed by atoms with Crippen LogP contribution in [0.4, 0.5) is 0 Å². The number of aliphatic hydroxyl groups excluding tert-OH is 1. The molecule has 0 amide bonds. The summed E-state index contributed by atoms with van der Waals surface area (Å²) < 4.78 is 0. The van der Waals surface area contributed by atoms with Gasteiger partial charge in [-0.2, -0.15) is 77.6 Å². The molecule has 5 aromatic carbocycles. The predicted molar refractivity (Wildman–Crippen MR) is 209 cm³/mol. The molecule has 0 saturated heterocycles. The molecule has 2 heterocycles. The van der Waals surface area contributed by atoms with Crippen molar-refractivity contribution in [3.8, 4) is 11.1 Å². The summed E-state index contributed by atoms with van der Waals surface area (Å²) in [5.41, 5.74) is 7.33. The first-order valence-corrected chi connectivity index (χ1v) is 16.9. The van der Waals surface area contributed by atoms with Crippen LogP contribution in [-0.4, -0.2) is 10.9 Å². The molecule has 7 rings (SSSR count). The van der Waals surface area contributed by atoms with Crippen molar-refractivity contribution in [2.24, 2.45) is 5.41 Å². The normalized spacial score (nSPS) is 16.0. The number of aryl methyl sites for hydroxylation is 1. The third kappa shape index (κ3) is 10.8. The van der Waals surface area contributed by atoms with Crippen LogP contribution in [0.2, 0.25) is 0 Å². The Labute approximate surface area is 316 Å². The SMILES string of the molecule is CC(=O)/C=C(/C)O.CC(C)(C)C1=C[N-]C(c2[c-]ccc(-c3ccccc3)c2)C=C1.Cc1cc[c-]c(C2C=c3c(ccc4ccccc34)=C[N-]2)c1.[Ir]. The van der Waals surface area contributed by atoms with E-state index in [-0.39, 0.29) is 49.1 Å². The van der Waals surface area contributed by atoms with Gasteiger partial charge in [0.15, 0.2) is 5.78 Å². The standard InChI is InChI=1S/C21H21N.C20H15N.C5H8O2.Ir/c1-21(2,3)19-12-13-20(22-15-19)18-11-7-10-17(14-18)16-8-5-4-6-9-16;1-14-5-4-7-16(11-14)20-12-19-17(13-21-20)10-9-15-6-2-3-8-18(15)19;1-4(6)3-5(2)7;/h4-10,12-15,20H,1-3H3;2-6,8-13,20H,1H3;3,6H,1-2H3;/q2*-2;;/b;;4-3-;. The molecule has 0 saturated carbocycles. The van der Waals surface area contributed by atoms with Gasteiger partial charge in [0, 0.05) is 26.2 Å². The van der Waals surface area contributed by atoms with E-state index in [1.54, 1.807) is 0 Å². The average molecular weight is 849 g/mol. The Morgan fingerprint density at radius 1 is 0.784 bits per heavy atom. The van der Waals surface area contributed by atoms with Gasteiger partial charge < -0.3 is 15.7 Å². The van der Waals surface area contributed by atoms with Crippen molar-refractivity contribution in [2.75, 3.05) is 0 Å². The van der Waals surface area contributed by atoms with Gasteiger partial charge in [0.25, 0.3) is 0 Å². The van der Waals surface area contributed by atoms with E-state index in [1.807, 2.05) is 30.6 Å². The topological polar surface area (TPSA) is 65.5 Å². The molecular weight excluding hydrogens is 805 g/mol. The summed E-state index contributed by atoms with van der Waals surface area (Å²) in [7, 11) is 0. The number of hydrogen-bond donors (Lipinski definition) is 1. The molecule has 0 aromatic heterocycles. The number of allylic oxidation sites excluding steroid dienone is 4. The first-order valence-electron chi connectivity index (χ1n) is 16.9. The zero-order valence-corrected chi connectivity index (χ0v) is 32.4. The van der Waals surface area contributed by atoms with E-state index in [2.05, 4.69) is 148 Å². The molecule has 1 N–H and O–H groups in total. The molecule has 4 nitrogen and oxygen atoms in total. The van der Waals surface area contributed by atoms with Crippen LogP contribution in [-0.2, 0) is 24.9 Å². The molecule has 1 radical (unpaired) electrons. The van der Waals surface area contributed by atoms with E-state index >= 15 is 0 Å². The van der Waals surface area contributed by atoms with E-state index in [1.165, 1.54) is 63.4 Å². The molecular formula is C46H44IrN2O2-4. The molecule has 2 unspecified atom stereocenters. The Hall–Kier alpha value is -4.96. The molecule has 2 atom stereocenters. The van der Waals surface area contributed by atoms with Crippen LogP contribution in [0.5, 0.6) is 0 Å². The maximum absolute atomic E-state index is 10.0. The molecule has 0 fully saturated rings. The van der Waals surface area contributed by atoms with Gasteiger partial charge in [-0.1, -0.05) is 130 Å². The van der Waals surface area contributed by atoms with Crippen molar-refractivity contribution in [3.05, 3.63) is 189 Å². The first kappa shape index (κ1) is 38.8. The van der Waals surface area contributed by atoms with Gasteiger partial charge >= 0.3 is 0 Å². The van der Waals surface area contributed by atoms with Gasteiger partial charge in [0.05, 0.1) is 5.76 Å². The number of ketones is 1. The van der Waals surface area contributed by atoms with Crippen LogP contribution in [0.3, 0.4) is 0 Å². The smallest absolute Gasteiger partial charge is 0.155 e. The van der Waals surface area contributed by atoms with Gasteiger partial charge in [-0.25, -0.2) is 0 Å². The molecule has 263 valence electrons. The van der Waals surface area contributed by atoms with Gasteiger partial charge in [-0.15, -0.1) is 5.56 Å². The fourth-order valence-corrected chi connectivity index (χ4v) is 5.75. The van der Waals surface area contributed by atoms with Gasteiger partial charge in [-0.05, 0) is 46.0 Å². The molecule has 5 heteroatoms. The van der Waals surface area contributed by atoms with Crippen molar-refractivity contribution < 1.29 is 30.0 Å². The summed E-state index contributed by atoms with van der Waals surface area (Å²) in [6, 6.07) is 42.5. The fourth-order valence-electron chi connectivity index (χ4n) is 5.75. The van der Waals surface area contributed by atoms with Crippen molar-refractivity contribution >= 4 is 28.8 Å². The number of carbonyl (C=O) groups excluding carboxylic acids is 1. The summed E-state index contributed by atoms with van der Waals surface area (Å²) in [6.07, 6.45) is 11.8. The Morgan fingerprint density at radius 2 is 1.45 bits per heavy atom. The van der Waals surface area contributed by atoms with Gasteiger partial charge in [0.1, 0.15) is 0 Å². The molecule has 0 spiro atoms. The summed E-state index contributed by atoms with van der Waals surface area (Å²) >= 11 is 0. The van der Waals surface area contributed by atoms with E-state index in [0.717, 1.165) is 11.1 Å².